The van der Waals surface area contributed by atoms with Gasteiger partial charge in [-0.1, -0.05) is 42.6 Å². The third-order valence-electron chi connectivity index (χ3n) is 6.11. The average molecular weight is 433 g/mol. The molecule has 1 aliphatic heterocycles. The van der Waals surface area contributed by atoms with Crippen molar-refractivity contribution in [3.63, 3.8) is 0 Å². The van der Waals surface area contributed by atoms with E-state index in [0.717, 1.165) is 49.7 Å². The number of hydrogen-bond acceptors (Lipinski definition) is 3. The Morgan fingerprint density at radius 1 is 1.07 bits per heavy atom. The molecule has 4 rings (SSSR count). The van der Waals surface area contributed by atoms with E-state index in [0.29, 0.717) is 22.9 Å². The maximum atomic E-state index is 13.4. The summed E-state index contributed by atoms with van der Waals surface area (Å²) in [5, 5.41) is 3.72. The molecule has 29 heavy (non-hydrogen) atoms. The first-order valence-corrected chi connectivity index (χ1v) is 12.2. The molecule has 7 heteroatoms. The van der Waals surface area contributed by atoms with Crippen molar-refractivity contribution in [3.05, 3.63) is 58.6 Å². The molecule has 2 aliphatic rings. The van der Waals surface area contributed by atoms with Gasteiger partial charge in [-0.2, -0.15) is 0 Å². The number of rotatable bonds is 4. The Hall–Kier alpha value is -2.05. The fourth-order valence-electron chi connectivity index (χ4n) is 4.61. The molecule has 1 heterocycles. The van der Waals surface area contributed by atoms with Gasteiger partial charge in [0.25, 0.3) is 0 Å². The van der Waals surface area contributed by atoms with E-state index in [1.54, 1.807) is 6.07 Å². The third kappa shape index (κ3) is 3.88. The van der Waals surface area contributed by atoms with Crippen LogP contribution in [0.1, 0.15) is 43.2 Å². The number of hydrogen-bond donors (Lipinski definition) is 1. The van der Waals surface area contributed by atoms with Crippen LogP contribution in [-0.2, 0) is 26.7 Å². The molecule has 2 aromatic rings. The predicted molar refractivity (Wildman–Crippen MR) is 117 cm³/mol. The second-order valence-electron chi connectivity index (χ2n) is 8.03. The molecule has 154 valence electrons. The molecule has 1 saturated carbocycles. The van der Waals surface area contributed by atoms with Crippen LogP contribution in [0.4, 0.5) is 11.4 Å². The van der Waals surface area contributed by atoms with Crippen molar-refractivity contribution in [3.8, 4) is 0 Å². The summed E-state index contributed by atoms with van der Waals surface area (Å²) >= 11 is 6.04. The zero-order chi connectivity index (χ0) is 20.6. The van der Waals surface area contributed by atoms with Crippen LogP contribution >= 0.6 is 11.6 Å². The van der Waals surface area contributed by atoms with Gasteiger partial charge >= 0.3 is 0 Å². The molecule has 0 radical (unpaired) electrons. The zero-order valence-corrected chi connectivity index (χ0v) is 18.0. The zero-order valence-electron chi connectivity index (χ0n) is 16.4. The van der Waals surface area contributed by atoms with Crippen LogP contribution in [0.25, 0.3) is 0 Å². The van der Waals surface area contributed by atoms with Crippen molar-refractivity contribution in [2.75, 3.05) is 22.4 Å². The average Bonchev–Trinajstić information content (AvgIpc) is 3.18. The molecular weight excluding hydrogens is 408 g/mol. The molecule has 1 N–H and O–H groups in total. The van der Waals surface area contributed by atoms with Gasteiger partial charge in [-0.3, -0.25) is 9.10 Å². The van der Waals surface area contributed by atoms with Gasteiger partial charge in [0.1, 0.15) is 0 Å². The third-order valence-corrected chi connectivity index (χ3v) is 7.54. The van der Waals surface area contributed by atoms with Crippen LogP contribution < -0.4 is 9.62 Å². The Labute approximate surface area is 177 Å². The first-order chi connectivity index (χ1) is 13.8. The van der Waals surface area contributed by atoms with Gasteiger partial charge in [0, 0.05) is 17.3 Å². The maximum absolute atomic E-state index is 13.4. The fourth-order valence-corrected chi connectivity index (χ4v) is 5.72. The lowest BCUT2D eigenvalue weighted by Gasteiger charge is -2.31. The van der Waals surface area contributed by atoms with Crippen LogP contribution in [0.2, 0.25) is 5.02 Å². The van der Waals surface area contributed by atoms with Crippen molar-refractivity contribution >= 4 is 38.9 Å². The minimum atomic E-state index is -3.35. The molecule has 1 amide bonds. The smallest absolute Gasteiger partial charge is 0.235 e. The Balaban J connectivity index is 1.65. The summed E-state index contributed by atoms with van der Waals surface area (Å²) in [5.74, 6) is -0.0426. The quantitative estimate of drug-likeness (QED) is 0.773. The first kappa shape index (κ1) is 20.2. The number of amides is 1. The van der Waals surface area contributed by atoms with Crippen molar-refractivity contribution in [2.45, 2.75) is 43.9 Å². The molecule has 0 aromatic heterocycles. The SMILES string of the molecule is CS(=O)(=O)N1CCCc2ccc(NC(=O)C3(c4ccc(Cl)cc4)CCCC3)cc21. The summed E-state index contributed by atoms with van der Waals surface area (Å²) < 4.78 is 25.8. The predicted octanol–water partition coefficient (Wildman–Crippen LogP) is 4.50. The second kappa shape index (κ2) is 7.65. The topological polar surface area (TPSA) is 66.5 Å². The van der Waals surface area contributed by atoms with Crippen LogP contribution in [-0.4, -0.2) is 27.1 Å². The molecule has 0 bridgehead atoms. The summed E-state index contributed by atoms with van der Waals surface area (Å²) in [7, 11) is -3.35. The number of fused-ring (bicyclic) bond motifs is 1. The van der Waals surface area contributed by atoms with E-state index >= 15 is 0 Å². The number of sulfonamides is 1. The Morgan fingerprint density at radius 3 is 2.41 bits per heavy atom. The normalized spacial score (nSPS) is 18.3. The fraction of sp³-hybridized carbons (Fsp3) is 0.409. The van der Waals surface area contributed by atoms with Gasteiger partial charge in [-0.25, -0.2) is 8.42 Å². The molecular formula is C22H25ClN2O3S. The molecule has 5 nitrogen and oxygen atoms in total. The molecule has 2 aromatic carbocycles. The highest BCUT2D eigenvalue weighted by atomic mass is 35.5. The largest absolute Gasteiger partial charge is 0.325 e. The minimum Gasteiger partial charge on any atom is -0.325 e. The van der Waals surface area contributed by atoms with Crippen molar-refractivity contribution in [2.24, 2.45) is 0 Å². The van der Waals surface area contributed by atoms with Gasteiger partial charge in [-0.15, -0.1) is 0 Å². The van der Waals surface area contributed by atoms with E-state index in [4.69, 9.17) is 11.6 Å². The number of nitrogens with zero attached hydrogens (tertiary/aromatic N) is 1. The highest BCUT2D eigenvalue weighted by molar-refractivity contribution is 7.92. The number of anilines is 2. The van der Waals surface area contributed by atoms with E-state index in [1.165, 1.54) is 10.6 Å². The van der Waals surface area contributed by atoms with Gasteiger partial charge in [0.2, 0.25) is 15.9 Å². The van der Waals surface area contributed by atoms with E-state index in [2.05, 4.69) is 5.32 Å². The molecule has 0 unspecified atom stereocenters. The highest BCUT2D eigenvalue weighted by Crippen LogP contribution is 2.42. The molecule has 0 spiro atoms. The maximum Gasteiger partial charge on any atom is 0.235 e. The van der Waals surface area contributed by atoms with Gasteiger partial charge < -0.3 is 5.32 Å². The molecule has 1 aliphatic carbocycles. The molecule has 1 fully saturated rings. The number of nitrogens with one attached hydrogen (secondary N) is 1. The van der Waals surface area contributed by atoms with Crippen molar-refractivity contribution in [1.82, 2.24) is 0 Å². The Bertz CT molecular complexity index is 1030. The standard InChI is InChI=1S/C22H25ClN2O3S/c1-29(27,28)25-14-4-5-16-6-11-19(15-20(16)25)24-21(26)22(12-2-3-13-22)17-7-9-18(23)10-8-17/h6-11,15H,2-5,12-14H2,1H3,(H,24,26). The number of aryl methyl sites for hydroxylation is 1. The summed E-state index contributed by atoms with van der Waals surface area (Å²) in [6, 6.07) is 13.1. The number of halogens is 1. The lowest BCUT2D eigenvalue weighted by molar-refractivity contribution is -0.121. The first-order valence-electron chi connectivity index (χ1n) is 9.98. The van der Waals surface area contributed by atoms with Crippen molar-refractivity contribution < 1.29 is 13.2 Å². The van der Waals surface area contributed by atoms with Gasteiger partial charge in [0.15, 0.2) is 0 Å². The monoisotopic (exact) mass is 432 g/mol. The van der Waals surface area contributed by atoms with E-state index < -0.39 is 15.4 Å². The lowest BCUT2D eigenvalue weighted by atomic mass is 9.78. The number of carbonyl (C=O) groups excluding carboxylic acids is 1. The summed E-state index contributed by atoms with van der Waals surface area (Å²) in [6.07, 6.45) is 6.45. The van der Waals surface area contributed by atoms with Crippen LogP contribution in [0.15, 0.2) is 42.5 Å². The van der Waals surface area contributed by atoms with Gasteiger partial charge in [-0.05, 0) is 61.1 Å². The number of carbonyl (C=O) groups is 1. The number of benzene rings is 2. The Kier molecular flexibility index (Phi) is 5.34. The summed E-state index contributed by atoms with van der Waals surface area (Å²) in [6.45, 7) is 0.470. The minimum absolute atomic E-state index is 0.0426. The van der Waals surface area contributed by atoms with Crippen LogP contribution in [0.3, 0.4) is 0 Å². The summed E-state index contributed by atoms with van der Waals surface area (Å²) in [5.41, 5.74) is 2.70. The van der Waals surface area contributed by atoms with Crippen molar-refractivity contribution in [1.29, 1.82) is 0 Å². The summed E-state index contributed by atoms with van der Waals surface area (Å²) in [4.78, 5) is 13.4. The molecule has 0 saturated heterocycles. The van der Waals surface area contributed by atoms with Crippen LogP contribution in [0, 0.1) is 0 Å². The van der Waals surface area contributed by atoms with E-state index in [9.17, 15) is 13.2 Å². The second-order valence-corrected chi connectivity index (χ2v) is 10.4. The van der Waals surface area contributed by atoms with Crippen LogP contribution in [0.5, 0.6) is 0 Å². The molecule has 0 atom stereocenters. The highest BCUT2D eigenvalue weighted by Gasteiger charge is 2.42. The Morgan fingerprint density at radius 2 is 1.76 bits per heavy atom. The van der Waals surface area contributed by atoms with Gasteiger partial charge in [0.05, 0.1) is 17.4 Å². The van der Waals surface area contributed by atoms with E-state index in [-0.39, 0.29) is 5.91 Å². The van der Waals surface area contributed by atoms with E-state index in [1.807, 2.05) is 36.4 Å². The lowest BCUT2D eigenvalue weighted by Crippen LogP contribution is -2.38.